The van der Waals surface area contributed by atoms with Crippen molar-refractivity contribution in [2.45, 2.75) is 45.2 Å². The molecule has 0 aromatic heterocycles. The van der Waals surface area contributed by atoms with E-state index in [4.69, 9.17) is 5.11 Å². The van der Waals surface area contributed by atoms with E-state index >= 15 is 0 Å². The van der Waals surface area contributed by atoms with E-state index in [0.717, 1.165) is 0 Å². The fourth-order valence-corrected chi connectivity index (χ4v) is 1.93. The Bertz CT molecular complexity index is 347. The molecule has 108 valence electrons. The second-order valence-electron chi connectivity index (χ2n) is 5.18. The largest absolute Gasteiger partial charge is 0.480 e. The molecule has 1 aliphatic heterocycles. The van der Waals surface area contributed by atoms with Crippen LogP contribution in [0.3, 0.4) is 0 Å². The molecule has 7 nitrogen and oxygen atoms in total. The first kappa shape index (κ1) is 15.3. The Kier molecular flexibility index (Phi) is 5.59. The van der Waals surface area contributed by atoms with Crippen molar-refractivity contribution in [3.05, 3.63) is 0 Å². The first-order valence-corrected chi connectivity index (χ1v) is 6.45. The van der Waals surface area contributed by atoms with Crippen LogP contribution in [0.15, 0.2) is 0 Å². The molecule has 7 heteroatoms. The number of carbonyl (C=O) groups is 3. The van der Waals surface area contributed by atoms with Gasteiger partial charge >= 0.3 is 12.0 Å². The zero-order valence-corrected chi connectivity index (χ0v) is 11.2. The van der Waals surface area contributed by atoms with Crippen LogP contribution in [0.4, 0.5) is 4.79 Å². The topological polar surface area (TPSA) is 108 Å². The number of amides is 3. The Balaban J connectivity index is 2.40. The van der Waals surface area contributed by atoms with E-state index in [-0.39, 0.29) is 17.9 Å². The standard InChI is InChI=1S/C12H21N3O4/c1-7(2)5-9(11(17)18)15-12(19)14-8-3-4-10(16)13-6-8/h7-9H,3-6H2,1-2H3,(H,13,16)(H,17,18)(H2,14,15,19)/t8?,9-/m1/s1. The van der Waals surface area contributed by atoms with Crippen LogP contribution in [0.25, 0.3) is 0 Å². The Morgan fingerprint density at radius 3 is 2.63 bits per heavy atom. The van der Waals surface area contributed by atoms with Gasteiger partial charge in [0, 0.05) is 19.0 Å². The summed E-state index contributed by atoms with van der Waals surface area (Å²) in [5.41, 5.74) is 0. The highest BCUT2D eigenvalue weighted by atomic mass is 16.4. The molecule has 0 aromatic rings. The molecule has 2 atom stereocenters. The van der Waals surface area contributed by atoms with E-state index in [1.54, 1.807) is 0 Å². The quantitative estimate of drug-likeness (QED) is 0.567. The highest BCUT2D eigenvalue weighted by Gasteiger charge is 2.24. The highest BCUT2D eigenvalue weighted by molar-refractivity contribution is 5.83. The van der Waals surface area contributed by atoms with Crippen LogP contribution in [0.1, 0.15) is 33.1 Å². The summed E-state index contributed by atoms with van der Waals surface area (Å²) in [6.45, 7) is 4.17. The van der Waals surface area contributed by atoms with Gasteiger partial charge < -0.3 is 21.1 Å². The van der Waals surface area contributed by atoms with Crippen LogP contribution in [0.5, 0.6) is 0 Å². The summed E-state index contributed by atoms with van der Waals surface area (Å²) in [5, 5.41) is 16.8. The molecule has 4 N–H and O–H groups in total. The predicted octanol–water partition coefficient (Wildman–Crippen LogP) is 0.0635. The average Bonchev–Trinajstić information content (AvgIpc) is 2.30. The summed E-state index contributed by atoms with van der Waals surface area (Å²) < 4.78 is 0. The summed E-state index contributed by atoms with van der Waals surface area (Å²) >= 11 is 0. The van der Waals surface area contributed by atoms with Gasteiger partial charge in [0.05, 0.1) is 0 Å². The number of rotatable bonds is 5. The third kappa shape index (κ3) is 5.58. The van der Waals surface area contributed by atoms with Gasteiger partial charge in [-0.3, -0.25) is 4.79 Å². The third-order valence-electron chi connectivity index (χ3n) is 2.91. The number of carboxylic acid groups (broad SMARTS) is 1. The summed E-state index contributed by atoms with van der Waals surface area (Å²) in [4.78, 5) is 33.7. The number of piperidine rings is 1. The fourth-order valence-electron chi connectivity index (χ4n) is 1.93. The maximum absolute atomic E-state index is 11.7. The van der Waals surface area contributed by atoms with Gasteiger partial charge in [-0.25, -0.2) is 9.59 Å². The molecule has 19 heavy (non-hydrogen) atoms. The monoisotopic (exact) mass is 271 g/mol. The first-order chi connectivity index (χ1) is 8.88. The van der Waals surface area contributed by atoms with E-state index < -0.39 is 18.0 Å². The Morgan fingerprint density at radius 2 is 2.16 bits per heavy atom. The zero-order valence-electron chi connectivity index (χ0n) is 11.2. The van der Waals surface area contributed by atoms with Gasteiger partial charge in [-0.15, -0.1) is 0 Å². The van der Waals surface area contributed by atoms with Crippen LogP contribution in [0, 0.1) is 5.92 Å². The molecule has 3 amide bonds. The van der Waals surface area contributed by atoms with Crippen LogP contribution in [0.2, 0.25) is 0 Å². The summed E-state index contributed by atoms with van der Waals surface area (Å²) in [5.74, 6) is -0.891. The summed E-state index contributed by atoms with van der Waals surface area (Å²) in [6.07, 6.45) is 1.32. The number of carbonyl (C=O) groups excluding carboxylic acids is 2. The smallest absolute Gasteiger partial charge is 0.326 e. The minimum Gasteiger partial charge on any atom is -0.480 e. The number of aliphatic carboxylic acids is 1. The van der Waals surface area contributed by atoms with Crippen molar-refractivity contribution in [1.29, 1.82) is 0 Å². The van der Waals surface area contributed by atoms with Gasteiger partial charge in [0.25, 0.3) is 0 Å². The number of hydrogen-bond acceptors (Lipinski definition) is 3. The van der Waals surface area contributed by atoms with Gasteiger partial charge in [-0.1, -0.05) is 13.8 Å². The second kappa shape index (κ2) is 6.96. The number of nitrogens with one attached hydrogen (secondary N) is 3. The van der Waals surface area contributed by atoms with Crippen molar-refractivity contribution in [1.82, 2.24) is 16.0 Å². The van der Waals surface area contributed by atoms with Crippen LogP contribution < -0.4 is 16.0 Å². The molecule has 1 fully saturated rings. The Labute approximate surface area is 112 Å². The maximum Gasteiger partial charge on any atom is 0.326 e. The lowest BCUT2D eigenvalue weighted by molar-refractivity contribution is -0.139. The number of urea groups is 1. The molecule has 0 radical (unpaired) electrons. The summed E-state index contributed by atoms with van der Waals surface area (Å²) in [7, 11) is 0. The van der Waals surface area contributed by atoms with Crippen molar-refractivity contribution in [2.75, 3.05) is 6.54 Å². The lowest BCUT2D eigenvalue weighted by Gasteiger charge is -2.25. The molecule has 1 saturated heterocycles. The molecule has 1 unspecified atom stereocenters. The number of hydrogen-bond donors (Lipinski definition) is 4. The average molecular weight is 271 g/mol. The molecule has 0 bridgehead atoms. The van der Waals surface area contributed by atoms with Crippen molar-refractivity contribution < 1.29 is 19.5 Å². The Hall–Kier alpha value is -1.79. The zero-order chi connectivity index (χ0) is 14.4. The first-order valence-electron chi connectivity index (χ1n) is 6.45. The van der Waals surface area contributed by atoms with Crippen molar-refractivity contribution in [3.63, 3.8) is 0 Å². The lowest BCUT2D eigenvalue weighted by atomic mass is 10.0. The maximum atomic E-state index is 11.7. The van der Waals surface area contributed by atoms with Gasteiger partial charge in [0.1, 0.15) is 6.04 Å². The second-order valence-corrected chi connectivity index (χ2v) is 5.18. The molecule has 1 heterocycles. The molecule has 1 aliphatic rings. The van der Waals surface area contributed by atoms with Gasteiger partial charge in [0.2, 0.25) is 5.91 Å². The molecule has 1 rings (SSSR count). The minimum atomic E-state index is -1.04. The van der Waals surface area contributed by atoms with Crippen molar-refractivity contribution >= 4 is 17.9 Å². The van der Waals surface area contributed by atoms with Crippen LogP contribution in [-0.4, -0.2) is 41.6 Å². The molecule has 0 spiro atoms. The molecule has 0 aliphatic carbocycles. The predicted molar refractivity (Wildman–Crippen MR) is 68.6 cm³/mol. The minimum absolute atomic E-state index is 0.0262. The molecular weight excluding hydrogens is 250 g/mol. The number of carboxylic acids is 1. The van der Waals surface area contributed by atoms with E-state index in [1.165, 1.54) is 0 Å². The molecule has 0 saturated carbocycles. The van der Waals surface area contributed by atoms with Crippen molar-refractivity contribution in [3.8, 4) is 0 Å². The highest BCUT2D eigenvalue weighted by Crippen LogP contribution is 2.06. The van der Waals surface area contributed by atoms with Gasteiger partial charge in [0.15, 0.2) is 0 Å². The van der Waals surface area contributed by atoms with Gasteiger partial charge in [-0.2, -0.15) is 0 Å². The van der Waals surface area contributed by atoms with Crippen LogP contribution >= 0.6 is 0 Å². The van der Waals surface area contributed by atoms with Gasteiger partial charge in [-0.05, 0) is 18.8 Å². The van der Waals surface area contributed by atoms with E-state index in [2.05, 4.69) is 16.0 Å². The van der Waals surface area contributed by atoms with E-state index in [1.807, 2.05) is 13.8 Å². The van der Waals surface area contributed by atoms with E-state index in [9.17, 15) is 14.4 Å². The normalized spacial score (nSPS) is 20.6. The molecule has 0 aromatic carbocycles. The van der Waals surface area contributed by atoms with Crippen molar-refractivity contribution in [2.24, 2.45) is 5.92 Å². The fraction of sp³-hybridized carbons (Fsp3) is 0.750. The SMILES string of the molecule is CC(C)C[C@@H](NC(=O)NC1CCC(=O)NC1)C(=O)O. The Morgan fingerprint density at radius 1 is 1.47 bits per heavy atom. The lowest BCUT2D eigenvalue weighted by Crippen LogP contribution is -2.53. The van der Waals surface area contributed by atoms with Crippen LogP contribution in [-0.2, 0) is 9.59 Å². The third-order valence-corrected chi connectivity index (χ3v) is 2.91. The molecular formula is C12H21N3O4. The summed E-state index contributed by atoms with van der Waals surface area (Å²) in [6, 6.07) is -1.54. The van der Waals surface area contributed by atoms with E-state index in [0.29, 0.717) is 25.8 Å².